The Labute approximate surface area is 120 Å². The highest BCUT2D eigenvalue weighted by Gasteiger charge is 2.14. The Kier molecular flexibility index (Phi) is 4.49. The predicted octanol–water partition coefficient (Wildman–Crippen LogP) is 5.11. The second-order valence-corrected chi connectivity index (χ2v) is 5.52. The molecule has 2 nitrogen and oxygen atoms in total. The van der Waals surface area contributed by atoms with Crippen LogP contribution in [0.2, 0.25) is 5.02 Å². The molecular weight excluding hydrogens is 314 g/mol. The Balaban J connectivity index is 2.05. The van der Waals surface area contributed by atoms with Crippen LogP contribution in [0.3, 0.4) is 0 Å². The van der Waals surface area contributed by atoms with E-state index in [1.54, 1.807) is 0 Å². The molecule has 2 aromatic rings. The first-order valence-electron chi connectivity index (χ1n) is 5.83. The van der Waals surface area contributed by atoms with Crippen molar-refractivity contribution in [1.29, 1.82) is 0 Å². The Morgan fingerprint density at radius 1 is 1.17 bits per heavy atom. The van der Waals surface area contributed by atoms with Gasteiger partial charge in [0.2, 0.25) is 0 Å². The first-order valence-corrected chi connectivity index (χ1v) is 7.00. The highest BCUT2D eigenvalue weighted by Crippen LogP contribution is 2.24. The molecule has 0 saturated heterocycles. The van der Waals surface area contributed by atoms with E-state index in [1.165, 1.54) is 5.56 Å². The highest BCUT2D eigenvalue weighted by molar-refractivity contribution is 9.10. The van der Waals surface area contributed by atoms with Gasteiger partial charge >= 0.3 is 0 Å². The fourth-order valence-electron chi connectivity index (χ4n) is 1.89. The van der Waals surface area contributed by atoms with Gasteiger partial charge < -0.3 is 9.73 Å². The molecule has 0 aliphatic heterocycles. The fraction of sp³-hybridized carbons (Fsp3) is 0.286. The third-order valence-corrected chi connectivity index (χ3v) is 3.53. The van der Waals surface area contributed by atoms with E-state index in [9.17, 15) is 0 Å². The highest BCUT2D eigenvalue weighted by atomic mass is 79.9. The number of benzene rings is 1. The zero-order valence-corrected chi connectivity index (χ0v) is 12.6. The van der Waals surface area contributed by atoms with Crippen molar-refractivity contribution in [3.63, 3.8) is 0 Å². The lowest BCUT2D eigenvalue weighted by Gasteiger charge is -2.19. The molecule has 1 aromatic carbocycles. The molecule has 1 heterocycles. The summed E-state index contributed by atoms with van der Waals surface area (Å²) in [6, 6.07) is 12.1. The van der Waals surface area contributed by atoms with Crippen LogP contribution in [0.15, 0.2) is 45.5 Å². The van der Waals surface area contributed by atoms with E-state index in [-0.39, 0.29) is 12.1 Å². The maximum absolute atomic E-state index is 5.99. The van der Waals surface area contributed by atoms with Crippen LogP contribution in [0.25, 0.3) is 0 Å². The van der Waals surface area contributed by atoms with Crippen LogP contribution < -0.4 is 5.32 Å². The Morgan fingerprint density at radius 3 is 2.56 bits per heavy atom. The first kappa shape index (κ1) is 13.7. The van der Waals surface area contributed by atoms with Crippen molar-refractivity contribution in [1.82, 2.24) is 5.32 Å². The molecule has 0 fully saturated rings. The van der Waals surface area contributed by atoms with Gasteiger partial charge in [0.15, 0.2) is 4.67 Å². The summed E-state index contributed by atoms with van der Waals surface area (Å²) in [4.78, 5) is 0. The largest absolute Gasteiger partial charge is 0.453 e. The molecule has 0 amide bonds. The number of hydrogen-bond acceptors (Lipinski definition) is 2. The molecular formula is C14H15BrClNO. The molecule has 0 aliphatic carbocycles. The van der Waals surface area contributed by atoms with Gasteiger partial charge in [0.05, 0.1) is 6.04 Å². The maximum atomic E-state index is 5.99. The van der Waals surface area contributed by atoms with Crippen molar-refractivity contribution in [2.75, 3.05) is 0 Å². The molecule has 18 heavy (non-hydrogen) atoms. The summed E-state index contributed by atoms with van der Waals surface area (Å²) in [6.07, 6.45) is 0. The van der Waals surface area contributed by atoms with Crippen LogP contribution in [-0.2, 0) is 0 Å². The SMILES string of the molecule is CC(N[C@H](C)c1cccc(Cl)c1)c1ccc(Br)o1. The normalized spacial score (nSPS) is 14.4. The molecule has 0 radical (unpaired) electrons. The zero-order valence-electron chi connectivity index (χ0n) is 10.3. The number of furan rings is 1. The monoisotopic (exact) mass is 327 g/mol. The summed E-state index contributed by atoms with van der Waals surface area (Å²) in [7, 11) is 0. The van der Waals surface area contributed by atoms with Crippen molar-refractivity contribution in [2.45, 2.75) is 25.9 Å². The first-order chi connectivity index (χ1) is 8.56. The van der Waals surface area contributed by atoms with Gasteiger partial charge in [0.25, 0.3) is 0 Å². The number of hydrogen-bond donors (Lipinski definition) is 1. The summed E-state index contributed by atoms with van der Waals surface area (Å²) in [6.45, 7) is 4.19. The van der Waals surface area contributed by atoms with Crippen LogP contribution in [-0.4, -0.2) is 0 Å². The standard InChI is InChI=1S/C14H15BrClNO/c1-9(11-4-3-5-12(16)8-11)17-10(2)13-6-7-14(15)18-13/h3-10,17H,1-2H3/t9-,10?/m1/s1. The summed E-state index contributed by atoms with van der Waals surface area (Å²) in [5, 5.41) is 4.24. The molecule has 0 aliphatic rings. The van der Waals surface area contributed by atoms with Crippen LogP contribution in [0.5, 0.6) is 0 Å². The van der Waals surface area contributed by atoms with Crippen LogP contribution in [0.1, 0.15) is 37.3 Å². The average Bonchev–Trinajstić information content (AvgIpc) is 2.76. The second-order valence-electron chi connectivity index (χ2n) is 4.31. The fourth-order valence-corrected chi connectivity index (χ4v) is 2.41. The molecule has 2 atom stereocenters. The summed E-state index contributed by atoms with van der Waals surface area (Å²) in [5.74, 6) is 0.913. The topological polar surface area (TPSA) is 25.2 Å². The second kappa shape index (κ2) is 5.91. The van der Waals surface area contributed by atoms with Gasteiger partial charge in [0.1, 0.15) is 5.76 Å². The van der Waals surface area contributed by atoms with E-state index in [2.05, 4.69) is 41.2 Å². The Hall–Kier alpha value is -0.770. The van der Waals surface area contributed by atoms with Gasteiger partial charge in [-0.05, 0) is 59.6 Å². The quantitative estimate of drug-likeness (QED) is 0.844. The maximum Gasteiger partial charge on any atom is 0.169 e. The van der Waals surface area contributed by atoms with Gasteiger partial charge in [-0.15, -0.1) is 0 Å². The van der Waals surface area contributed by atoms with E-state index < -0.39 is 0 Å². The van der Waals surface area contributed by atoms with E-state index in [4.69, 9.17) is 16.0 Å². The smallest absolute Gasteiger partial charge is 0.169 e. The van der Waals surface area contributed by atoms with Gasteiger partial charge in [0, 0.05) is 11.1 Å². The lowest BCUT2D eigenvalue weighted by molar-refractivity contribution is 0.394. The van der Waals surface area contributed by atoms with Gasteiger partial charge in [-0.3, -0.25) is 0 Å². The van der Waals surface area contributed by atoms with E-state index >= 15 is 0 Å². The van der Waals surface area contributed by atoms with E-state index in [0.29, 0.717) is 0 Å². The third-order valence-electron chi connectivity index (χ3n) is 2.87. The van der Waals surface area contributed by atoms with Crippen LogP contribution >= 0.6 is 27.5 Å². The molecule has 0 saturated carbocycles. The molecule has 0 spiro atoms. The van der Waals surface area contributed by atoms with Crippen molar-refractivity contribution >= 4 is 27.5 Å². The molecule has 2 rings (SSSR count). The van der Waals surface area contributed by atoms with E-state index in [0.717, 1.165) is 15.5 Å². The minimum Gasteiger partial charge on any atom is -0.453 e. The molecule has 1 N–H and O–H groups in total. The van der Waals surface area contributed by atoms with E-state index in [1.807, 2.05) is 30.3 Å². The average molecular weight is 329 g/mol. The Bertz CT molecular complexity index is 526. The lowest BCUT2D eigenvalue weighted by Crippen LogP contribution is -2.22. The molecule has 4 heteroatoms. The van der Waals surface area contributed by atoms with Crippen molar-refractivity contribution in [3.8, 4) is 0 Å². The van der Waals surface area contributed by atoms with Gasteiger partial charge in [-0.2, -0.15) is 0 Å². The molecule has 1 unspecified atom stereocenters. The number of nitrogens with one attached hydrogen (secondary N) is 1. The number of halogens is 2. The predicted molar refractivity (Wildman–Crippen MR) is 77.8 cm³/mol. The summed E-state index contributed by atoms with van der Waals surface area (Å²) >= 11 is 9.30. The minimum atomic E-state index is 0.144. The van der Waals surface area contributed by atoms with Crippen molar-refractivity contribution in [3.05, 3.63) is 57.4 Å². The molecule has 0 bridgehead atoms. The van der Waals surface area contributed by atoms with Crippen LogP contribution in [0, 0.1) is 0 Å². The molecule has 1 aromatic heterocycles. The number of rotatable bonds is 4. The molecule has 96 valence electrons. The van der Waals surface area contributed by atoms with Gasteiger partial charge in [-0.25, -0.2) is 0 Å². The zero-order chi connectivity index (χ0) is 13.1. The summed E-state index contributed by atoms with van der Waals surface area (Å²) in [5.41, 5.74) is 1.17. The van der Waals surface area contributed by atoms with Crippen LogP contribution in [0.4, 0.5) is 0 Å². The summed E-state index contributed by atoms with van der Waals surface area (Å²) < 4.78 is 6.29. The van der Waals surface area contributed by atoms with Crippen molar-refractivity contribution in [2.24, 2.45) is 0 Å². The minimum absolute atomic E-state index is 0.144. The third kappa shape index (κ3) is 3.37. The Morgan fingerprint density at radius 2 is 1.94 bits per heavy atom. The lowest BCUT2D eigenvalue weighted by atomic mass is 10.1. The van der Waals surface area contributed by atoms with Gasteiger partial charge in [-0.1, -0.05) is 23.7 Å². The van der Waals surface area contributed by atoms with Crippen molar-refractivity contribution < 1.29 is 4.42 Å².